The van der Waals surface area contributed by atoms with Gasteiger partial charge in [-0.3, -0.25) is 4.79 Å². The average molecular weight is 329 g/mol. The number of hydrogen-bond acceptors (Lipinski definition) is 4. The van der Waals surface area contributed by atoms with Crippen molar-refractivity contribution in [3.05, 3.63) is 78.4 Å². The van der Waals surface area contributed by atoms with Gasteiger partial charge in [0.05, 0.1) is 0 Å². The van der Waals surface area contributed by atoms with Crippen LogP contribution in [0.25, 0.3) is 22.6 Å². The molecule has 25 heavy (non-hydrogen) atoms. The van der Waals surface area contributed by atoms with Crippen molar-refractivity contribution < 1.29 is 9.21 Å². The number of carbonyl (C=O) groups is 1. The zero-order valence-corrected chi connectivity index (χ0v) is 13.3. The Morgan fingerprint density at radius 3 is 2.52 bits per heavy atom. The third-order valence-corrected chi connectivity index (χ3v) is 3.84. The third kappa shape index (κ3) is 3.07. The van der Waals surface area contributed by atoms with Gasteiger partial charge in [0, 0.05) is 22.5 Å². The number of carbonyl (C=O) groups excluding carboxylic acids is 1. The second-order valence-corrected chi connectivity index (χ2v) is 5.64. The highest BCUT2D eigenvalue weighted by atomic mass is 16.3. The topological polar surface area (TPSA) is 81.2 Å². The second kappa shape index (κ2) is 6.13. The van der Waals surface area contributed by atoms with Crippen LogP contribution >= 0.6 is 0 Å². The number of hydrogen-bond donors (Lipinski definition) is 2. The number of amides is 1. The van der Waals surface area contributed by atoms with Crippen molar-refractivity contribution in [2.24, 2.45) is 5.73 Å². The Hall–Kier alpha value is -3.60. The largest absolute Gasteiger partial charge is 0.436 e. The molecular formula is C20H15N3O2. The minimum atomic E-state index is -0.455. The first-order chi connectivity index (χ1) is 12.2. The molecule has 5 nitrogen and oxygen atoms in total. The maximum absolute atomic E-state index is 11.3. The van der Waals surface area contributed by atoms with Gasteiger partial charge in [-0.25, -0.2) is 4.98 Å². The van der Waals surface area contributed by atoms with Gasteiger partial charge in [0.1, 0.15) is 5.52 Å². The molecule has 5 heteroatoms. The Balaban J connectivity index is 1.65. The molecule has 0 saturated carbocycles. The maximum atomic E-state index is 11.3. The first-order valence-corrected chi connectivity index (χ1v) is 7.82. The zero-order chi connectivity index (χ0) is 17.2. The molecule has 0 atom stereocenters. The molecule has 4 rings (SSSR count). The summed E-state index contributed by atoms with van der Waals surface area (Å²) in [5, 5.41) is 3.25. The monoisotopic (exact) mass is 329 g/mol. The Kier molecular flexibility index (Phi) is 3.67. The van der Waals surface area contributed by atoms with Gasteiger partial charge in [0.15, 0.2) is 5.58 Å². The molecule has 1 amide bonds. The van der Waals surface area contributed by atoms with Crippen LogP contribution in [0.4, 0.5) is 11.4 Å². The molecule has 0 saturated heterocycles. The summed E-state index contributed by atoms with van der Waals surface area (Å²) in [6.07, 6.45) is 0. The number of benzene rings is 3. The highest BCUT2D eigenvalue weighted by molar-refractivity contribution is 5.94. The highest BCUT2D eigenvalue weighted by Gasteiger charge is 2.09. The fourth-order valence-electron chi connectivity index (χ4n) is 2.63. The summed E-state index contributed by atoms with van der Waals surface area (Å²) in [5.74, 6) is 0.131. The molecule has 0 unspecified atom stereocenters. The molecule has 0 radical (unpaired) electrons. The van der Waals surface area contributed by atoms with Crippen LogP contribution in [0, 0.1) is 0 Å². The fourth-order valence-corrected chi connectivity index (χ4v) is 2.63. The van der Waals surface area contributed by atoms with Gasteiger partial charge in [0.2, 0.25) is 11.8 Å². The first-order valence-electron chi connectivity index (χ1n) is 7.82. The van der Waals surface area contributed by atoms with Crippen molar-refractivity contribution in [2.45, 2.75) is 0 Å². The highest BCUT2D eigenvalue weighted by Crippen LogP contribution is 2.27. The molecule has 1 heterocycles. The predicted octanol–water partition coefficient (Wildman–Crippen LogP) is 4.34. The minimum absolute atomic E-state index is 0.455. The number of rotatable bonds is 4. The van der Waals surface area contributed by atoms with E-state index in [-0.39, 0.29) is 0 Å². The average Bonchev–Trinajstić information content (AvgIpc) is 3.06. The normalized spacial score (nSPS) is 10.7. The van der Waals surface area contributed by atoms with Gasteiger partial charge in [0.25, 0.3) is 0 Å². The van der Waals surface area contributed by atoms with Gasteiger partial charge < -0.3 is 15.5 Å². The van der Waals surface area contributed by atoms with Crippen LogP contribution in [-0.4, -0.2) is 10.9 Å². The zero-order valence-electron chi connectivity index (χ0n) is 13.3. The van der Waals surface area contributed by atoms with Crippen molar-refractivity contribution >= 4 is 28.4 Å². The number of primary amides is 1. The van der Waals surface area contributed by atoms with Crippen LogP contribution in [-0.2, 0) is 0 Å². The molecule has 3 aromatic carbocycles. The number of anilines is 2. The number of aromatic nitrogens is 1. The minimum Gasteiger partial charge on any atom is -0.436 e. The van der Waals surface area contributed by atoms with Crippen LogP contribution in [0.2, 0.25) is 0 Å². The van der Waals surface area contributed by atoms with Gasteiger partial charge in [-0.1, -0.05) is 24.3 Å². The molecular weight excluding hydrogens is 314 g/mol. The van der Waals surface area contributed by atoms with Gasteiger partial charge in [-0.05, 0) is 48.5 Å². The molecule has 0 aliphatic carbocycles. The van der Waals surface area contributed by atoms with E-state index in [0.717, 1.165) is 28.0 Å². The first kappa shape index (κ1) is 15.0. The van der Waals surface area contributed by atoms with Crippen molar-refractivity contribution in [1.29, 1.82) is 0 Å². The Morgan fingerprint density at radius 2 is 1.72 bits per heavy atom. The van der Waals surface area contributed by atoms with Crippen LogP contribution in [0.1, 0.15) is 10.4 Å². The summed E-state index contributed by atoms with van der Waals surface area (Å²) in [6.45, 7) is 0. The van der Waals surface area contributed by atoms with E-state index in [9.17, 15) is 4.79 Å². The number of nitrogens with zero attached hydrogens (tertiary/aromatic N) is 1. The number of nitrogens with one attached hydrogen (secondary N) is 1. The fraction of sp³-hybridized carbons (Fsp3) is 0. The van der Waals surface area contributed by atoms with E-state index in [4.69, 9.17) is 10.2 Å². The number of nitrogens with two attached hydrogens (primary N) is 1. The molecule has 1 aromatic heterocycles. The maximum Gasteiger partial charge on any atom is 0.248 e. The predicted molar refractivity (Wildman–Crippen MR) is 97.7 cm³/mol. The van der Waals surface area contributed by atoms with E-state index in [2.05, 4.69) is 10.3 Å². The lowest BCUT2D eigenvalue weighted by molar-refractivity contribution is 0.100. The molecule has 3 N–H and O–H groups in total. The Morgan fingerprint density at radius 1 is 0.920 bits per heavy atom. The lowest BCUT2D eigenvalue weighted by Gasteiger charge is -2.07. The summed E-state index contributed by atoms with van der Waals surface area (Å²) < 4.78 is 5.81. The van der Waals surface area contributed by atoms with E-state index in [1.165, 1.54) is 0 Å². The lowest BCUT2D eigenvalue weighted by Crippen LogP contribution is -2.10. The van der Waals surface area contributed by atoms with Crippen molar-refractivity contribution in [3.63, 3.8) is 0 Å². The quantitative estimate of drug-likeness (QED) is 0.583. The van der Waals surface area contributed by atoms with Crippen molar-refractivity contribution in [2.75, 3.05) is 5.32 Å². The van der Waals surface area contributed by atoms with Crippen LogP contribution in [0.15, 0.2) is 77.2 Å². The molecule has 0 spiro atoms. The lowest BCUT2D eigenvalue weighted by atomic mass is 10.2. The van der Waals surface area contributed by atoms with E-state index >= 15 is 0 Å². The third-order valence-electron chi connectivity index (χ3n) is 3.84. The summed E-state index contributed by atoms with van der Waals surface area (Å²) in [7, 11) is 0. The van der Waals surface area contributed by atoms with E-state index in [1.807, 2.05) is 54.6 Å². The molecule has 122 valence electrons. The molecule has 0 aliphatic rings. The molecule has 0 aliphatic heterocycles. The molecule has 0 bridgehead atoms. The van der Waals surface area contributed by atoms with Crippen molar-refractivity contribution in [1.82, 2.24) is 4.98 Å². The van der Waals surface area contributed by atoms with Crippen molar-refractivity contribution in [3.8, 4) is 11.5 Å². The Labute approximate surface area is 144 Å². The smallest absolute Gasteiger partial charge is 0.248 e. The number of oxazole rings is 1. The van der Waals surface area contributed by atoms with E-state index in [0.29, 0.717) is 11.5 Å². The molecule has 0 fully saturated rings. The van der Waals surface area contributed by atoms with E-state index < -0.39 is 5.91 Å². The number of fused-ring (bicyclic) bond motifs is 1. The summed E-state index contributed by atoms with van der Waals surface area (Å²) in [6, 6.07) is 22.5. The summed E-state index contributed by atoms with van der Waals surface area (Å²) in [5.41, 5.74) is 9.82. The van der Waals surface area contributed by atoms with Gasteiger partial charge in [-0.15, -0.1) is 0 Å². The SMILES string of the molecule is NC(=O)c1cccc(Nc2ccc3oc(-c4ccccc4)nc3c2)c1. The van der Waals surface area contributed by atoms with Crippen LogP contribution < -0.4 is 11.1 Å². The van der Waals surface area contributed by atoms with E-state index in [1.54, 1.807) is 18.2 Å². The standard InChI is InChI=1S/C20H15N3O2/c21-19(24)14-7-4-8-15(11-14)22-16-9-10-18-17(12-16)23-20(25-18)13-5-2-1-3-6-13/h1-12,22H,(H2,21,24). The second-order valence-electron chi connectivity index (χ2n) is 5.64. The van der Waals surface area contributed by atoms with Crippen LogP contribution in [0.5, 0.6) is 0 Å². The summed E-state index contributed by atoms with van der Waals surface area (Å²) in [4.78, 5) is 15.8. The van der Waals surface area contributed by atoms with Crippen LogP contribution in [0.3, 0.4) is 0 Å². The Bertz CT molecular complexity index is 1050. The van der Waals surface area contributed by atoms with Gasteiger partial charge in [-0.2, -0.15) is 0 Å². The summed E-state index contributed by atoms with van der Waals surface area (Å²) >= 11 is 0. The van der Waals surface area contributed by atoms with Gasteiger partial charge >= 0.3 is 0 Å². The molecule has 4 aromatic rings.